The minimum atomic E-state index is -0.279. The maximum Gasteiger partial charge on any atom is 0.132 e. The van der Waals surface area contributed by atoms with Gasteiger partial charge < -0.3 is 5.73 Å². The van der Waals surface area contributed by atoms with Crippen LogP contribution in [0.4, 0.5) is 4.39 Å². The molecule has 98 valence electrons. The Bertz CT molecular complexity index is 466. The Morgan fingerprint density at radius 1 is 1.50 bits per heavy atom. The molecule has 2 nitrogen and oxygen atoms in total. The van der Waals surface area contributed by atoms with Gasteiger partial charge in [0.25, 0.3) is 0 Å². The summed E-state index contributed by atoms with van der Waals surface area (Å²) in [4.78, 5) is 2.35. The minimum absolute atomic E-state index is 0.279. The molecule has 0 aromatic heterocycles. The lowest BCUT2D eigenvalue weighted by molar-refractivity contribution is 0.284. The van der Waals surface area contributed by atoms with Crippen molar-refractivity contribution in [1.29, 1.82) is 0 Å². The lowest BCUT2D eigenvalue weighted by Gasteiger charge is -2.21. The van der Waals surface area contributed by atoms with E-state index in [1.54, 1.807) is 6.07 Å². The topological polar surface area (TPSA) is 29.3 Å². The minimum Gasteiger partial charge on any atom is -0.399 e. The van der Waals surface area contributed by atoms with E-state index in [1.807, 2.05) is 6.07 Å². The first-order valence-electron chi connectivity index (χ1n) is 6.33. The van der Waals surface area contributed by atoms with Gasteiger partial charge in [0.2, 0.25) is 0 Å². The van der Waals surface area contributed by atoms with Gasteiger partial charge in [0, 0.05) is 24.4 Å². The van der Waals surface area contributed by atoms with Crippen molar-refractivity contribution in [2.45, 2.75) is 26.8 Å². The summed E-state index contributed by atoms with van der Waals surface area (Å²) in [6.45, 7) is 11.0. The molecule has 2 N–H and O–H groups in total. The molecule has 1 saturated heterocycles. The first kappa shape index (κ1) is 13.1. The van der Waals surface area contributed by atoms with E-state index >= 15 is 0 Å². The van der Waals surface area contributed by atoms with Gasteiger partial charge in [-0.15, -0.1) is 0 Å². The van der Waals surface area contributed by atoms with Gasteiger partial charge in [0.05, 0.1) is 0 Å². The number of rotatable bonds is 3. The standard InChI is InChI=1S/C15H21FN2/c1-11(17)14-12(5-4-6-13(14)16)9-18-8-7-15(2,3)10-18/h4-6H,1,7-10,17H2,2-3H3. The first-order valence-corrected chi connectivity index (χ1v) is 6.33. The molecular formula is C15H21FN2. The van der Waals surface area contributed by atoms with E-state index < -0.39 is 0 Å². The normalized spacial score (nSPS) is 19.1. The van der Waals surface area contributed by atoms with Crippen LogP contribution in [-0.2, 0) is 6.54 Å². The first-order chi connectivity index (χ1) is 8.39. The third-order valence-corrected chi connectivity index (χ3v) is 3.57. The molecule has 1 aromatic rings. The largest absolute Gasteiger partial charge is 0.399 e. The van der Waals surface area contributed by atoms with Gasteiger partial charge in [-0.05, 0) is 30.0 Å². The summed E-state index contributed by atoms with van der Waals surface area (Å²) in [5.41, 5.74) is 7.76. The highest BCUT2D eigenvalue weighted by Gasteiger charge is 2.29. The summed E-state index contributed by atoms with van der Waals surface area (Å²) in [6.07, 6.45) is 1.18. The molecule has 1 heterocycles. The molecule has 0 radical (unpaired) electrons. The van der Waals surface area contributed by atoms with Crippen molar-refractivity contribution in [3.63, 3.8) is 0 Å². The smallest absolute Gasteiger partial charge is 0.132 e. The second-order valence-corrected chi connectivity index (χ2v) is 5.92. The molecule has 2 rings (SSSR count). The second kappa shape index (κ2) is 4.73. The Balaban J connectivity index is 2.20. The maximum atomic E-state index is 13.8. The van der Waals surface area contributed by atoms with E-state index in [2.05, 4.69) is 25.3 Å². The number of nitrogens with zero attached hydrogens (tertiary/aromatic N) is 1. The number of halogens is 1. The lowest BCUT2D eigenvalue weighted by atomic mass is 9.93. The SMILES string of the molecule is C=C(N)c1c(F)cccc1CN1CCC(C)(C)C1. The van der Waals surface area contributed by atoms with Crippen molar-refractivity contribution in [3.05, 3.63) is 41.7 Å². The number of hydrogen-bond acceptors (Lipinski definition) is 2. The molecule has 3 heteroatoms. The molecule has 0 spiro atoms. The lowest BCUT2D eigenvalue weighted by Crippen LogP contribution is -2.23. The van der Waals surface area contributed by atoms with Crippen LogP contribution in [0.25, 0.3) is 5.70 Å². The highest BCUT2D eigenvalue weighted by Crippen LogP contribution is 2.30. The highest BCUT2D eigenvalue weighted by molar-refractivity contribution is 5.64. The Hall–Kier alpha value is -1.35. The van der Waals surface area contributed by atoms with E-state index in [0.717, 1.165) is 25.2 Å². The fourth-order valence-electron chi connectivity index (χ4n) is 2.66. The van der Waals surface area contributed by atoms with Gasteiger partial charge in [0.15, 0.2) is 0 Å². The fourth-order valence-corrected chi connectivity index (χ4v) is 2.66. The van der Waals surface area contributed by atoms with E-state index in [-0.39, 0.29) is 5.82 Å². The van der Waals surface area contributed by atoms with Crippen molar-refractivity contribution in [2.24, 2.45) is 11.1 Å². The van der Waals surface area contributed by atoms with Crippen molar-refractivity contribution in [1.82, 2.24) is 4.90 Å². The van der Waals surface area contributed by atoms with Crippen molar-refractivity contribution in [3.8, 4) is 0 Å². The van der Waals surface area contributed by atoms with Crippen molar-refractivity contribution in [2.75, 3.05) is 13.1 Å². The Morgan fingerprint density at radius 2 is 2.22 bits per heavy atom. The third kappa shape index (κ3) is 2.72. The number of hydrogen-bond donors (Lipinski definition) is 1. The molecule has 0 saturated carbocycles. The van der Waals surface area contributed by atoms with E-state index in [0.29, 0.717) is 16.7 Å². The summed E-state index contributed by atoms with van der Waals surface area (Å²) in [5.74, 6) is -0.279. The van der Waals surface area contributed by atoms with E-state index in [1.165, 1.54) is 12.5 Å². The van der Waals surface area contributed by atoms with Crippen LogP contribution in [0.1, 0.15) is 31.4 Å². The average Bonchev–Trinajstić information content (AvgIpc) is 2.57. The van der Waals surface area contributed by atoms with Crippen molar-refractivity contribution >= 4 is 5.70 Å². The zero-order valence-electron chi connectivity index (χ0n) is 11.2. The van der Waals surface area contributed by atoms with Crippen LogP contribution in [0.2, 0.25) is 0 Å². The van der Waals surface area contributed by atoms with Crippen LogP contribution < -0.4 is 5.73 Å². The Labute approximate surface area is 108 Å². The van der Waals surface area contributed by atoms with Crippen LogP contribution in [0.15, 0.2) is 24.8 Å². The van der Waals surface area contributed by atoms with Gasteiger partial charge in [-0.1, -0.05) is 32.6 Å². The summed E-state index contributed by atoms with van der Waals surface area (Å²) in [6, 6.07) is 5.10. The quantitative estimate of drug-likeness (QED) is 0.891. The molecule has 1 aliphatic rings. The number of nitrogens with two attached hydrogens (primary N) is 1. The fraction of sp³-hybridized carbons (Fsp3) is 0.467. The molecule has 1 aliphatic heterocycles. The van der Waals surface area contributed by atoms with Crippen LogP contribution in [0.3, 0.4) is 0 Å². The monoisotopic (exact) mass is 248 g/mol. The van der Waals surface area contributed by atoms with E-state index in [4.69, 9.17) is 5.73 Å². The van der Waals surface area contributed by atoms with Gasteiger partial charge in [-0.25, -0.2) is 4.39 Å². The van der Waals surface area contributed by atoms with Gasteiger partial charge >= 0.3 is 0 Å². The molecule has 0 aliphatic carbocycles. The molecule has 1 fully saturated rings. The molecule has 0 bridgehead atoms. The highest BCUT2D eigenvalue weighted by atomic mass is 19.1. The van der Waals surface area contributed by atoms with Gasteiger partial charge in [-0.2, -0.15) is 0 Å². The summed E-state index contributed by atoms with van der Waals surface area (Å²) in [5, 5.41) is 0. The number of benzene rings is 1. The Kier molecular flexibility index (Phi) is 3.44. The van der Waals surface area contributed by atoms with E-state index in [9.17, 15) is 4.39 Å². The molecule has 0 amide bonds. The Morgan fingerprint density at radius 3 is 2.78 bits per heavy atom. The third-order valence-electron chi connectivity index (χ3n) is 3.57. The molecule has 0 atom stereocenters. The van der Waals surface area contributed by atoms with Crippen LogP contribution >= 0.6 is 0 Å². The molecule has 18 heavy (non-hydrogen) atoms. The number of likely N-dealkylation sites (tertiary alicyclic amines) is 1. The molecule has 0 unspecified atom stereocenters. The summed E-state index contributed by atoms with van der Waals surface area (Å²) < 4.78 is 13.8. The maximum absolute atomic E-state index is 13.8. The summed E-state index contributed by atoms with van der Waals surface area (Å²) in [7, 11) is 0. The molecular weight excluding hydrogens is 227 g/mol. The van der Waals surface area contributed by atoms with Crippen LogP contribution in [0, 0.1) is 11.2 Å². The zero-order chi connectivity index (χ0) is 13.3. The van der Waals surface area contributed by atoms with Crippen LogP contribution in [-0.4, -0.2) is 18.0 Å². The predicted octanol–water partition coefficient (Wildman–Crippen LogP) is 2.99. The predicted molar refractivity (Wildman–Crippen MR) is 73.3 cm³/mol. The van der Waals surface area contributed by atoms with Gasteiger partial charge in [0.1, 0.15) is 5.82 Å². The molecule has 1 aromatic carbocycles. The van der Waals surface area contributed by atoms with Crippen molar-refractivity contribution < 1.29 is 4.39 Å². The van der Waals surface area contributed by atoms with Crippen LogP contribution in [0.5, 0.6) is 0 Å². The van der Waals surface area contributed by atoms with Gasteiger partial charge in [-0.3, -0.25) is 4.90 Å². The summed E-state index contributed by atoms with van der Waals surface area (Å²) >= 11 is 0. The zero-order valence-corrected chi connectivity index (χ0v) is 11.2. The average molecular weight is 248 g/mol. The second-order valence-electron chi connectivity index (χ2n) is 5.92.